The van der Waals surface area contributed by atoms with Gasteiger partial charge in [-0.15, -0.1) is 0 Å². The molecular weight excluding hydrogens is 278 g/mol. The summed E-state index contributed by atoms with van der Waals surface area (Å²) in [6, 6.07) is 7.01. The number of hydrogen-bond donors (Lipinski definition) is 1. The van der Waals surface area contributed by atoms with E-state index in [1.807, 2.05) is 4.90 Å². The minimum atomic E-state index is 0.538. The van der Waals surface area contributed by atoms with E-state index in [-0.39, 0.29) is 0 Å². The number of anilines is 1. The quantitative estimate of drug-likeness (QED) is 0.839. The lowest BCUT2D eigenvalue weighted by Gasteiger charge is -2.38. The van der Waals surface area contributed by atoms with Crippen LogP contribution in [0, 0.1) is 0 Å². The zero-order valence-corrected chi connectivity index (χ0v) is 13.3. The molecule has 5 nitrogen and oxygen atoms in total. The predicted molar refractivity (Wildman–Crippen MR) is 87.4 cm³/mol. The van der Waals surface area contributed by atoms with Gasteiger partial charge in [0, 0.05) is 38.8 Å². The number of carbonyl (C=O) groups excluding carboxylic acids is 1. The first-order valence-electron chi connectivity index (χ1n) is 8.23. The third-order valence-electron chi connectivity index (χ3n) is 4.68. The van der Waals surface area contributed by atoms with Crippen LogP contribution in [0.3, 0.4) is 0 Å². The van der Waals surface area contributed by atoms with Crippen LogP contribution in [0.2, 0.25) is 0 Å². The Labute approximate surface area is 132 Å². The van der Waals surface area contributed by atoms with Crippen molar-refractivity contribution in [3.63, 3.8) is 0 Å². The van der Waals surface area contributed by atoms with Crippen LogP contribution >= 0.6 is 0 Å². The average Bonchev–Trinajstić information content (AvgIpc) is 2.59. The molecule has 22 heavy (non-hydrogen) atoms. The fourth-order valence-electron chi connectivity index (χ4n) is 3.33. The maximum atomic E-state index is 10.8. The molecule has 0 saturated carbocycles. The van der Waals surface area contributed by atoms with E-state index in [0.717, 1.165) is 70.0 Å². The second-order valence-electron chi connectivity index (χ2n) is 6.05. The topological polar surface area (TPSA) is 44.8 Å². The van der Waals surface area contributed by atoms with Gasteiger partial charge in [0.25, 0.3) is 0 Å². The first-order chi connectivity index (χ1) is 10.8. The number of ether oxygens (including phenoxy) is 1. The summed E-state index contributed by atoms with van der Waals surface area (Å²) in [5.74, 6) is 0.961. The summed E-state index contributed by atoms with van der Waals surface area (Å²) >= 11 is 0. The zero-order chi connectivity index (χ0) is 15.4. The van der Waals surface area contributed by atoms with Crippen LogP contribution in [0.1, 0.15) is 18.9 Å². The van der Waals surface area contributed by atoms with Crippen molar-refractivity contribution in [3.05, 3.63) is 23.8 Å². The van der Waals surface area contributed by atoms with Gasteiger partial charge in [-0.25, -0.2) is 0 Å². The van der Waals surface area contributed by atoms with Gasteiger partial charge in [0.15, 0.2) is 0 Å². The van der Waals surface area contributed by atoms with Gasteiger partial charge < -0.3 is 15.0 Å². The summed E-state index contributed by atoms with van der Waals surface area (Å²) < 4.78 is 5.64. The second-order valence-corrected chi connectivity index (χ2v) is 6.05. The van der Waals surface area contributed by atoms with E-state index in [2.05, 4.69) is 35.3 Å². The molecule has 1 unspecified atom stereocenters. The molecule has 120 valence electrons. The molecule has 1 aromatic rings. The van der Waals surface area contributed by atoms with Crippen LogP contribution in [0.4, 0.5) is 5.69 Å². The number of nitrogens with zero attached hydrogens (tertiary/aromatic N) is 2. The highest BCUT2D eigenvalue weighted by molar-refractivity contribution is 5.59. The standard InChI is InChI=1S/C17H25N3O2/c1-2-15(20-8-6-19(13-21)7-9-20)11-14-3-4-17-16(12-14)18-5-10-22-17/h3-4,12-13,15,18H,2,5-11H2,1H3. The minimum absolute atomic E-state index is 0.538. The van der Waals surface area contributed by atoms with Crippen LogP contribution in [0.25, 0.3) is 0 Å². The van der Waals surface area contributed by atoms with Crippen LogP contribution in [-0.4, -0.2) is 61.6 Å². The van der Waals surface area contributed by atoms with E-state index < -0.39 is 0 Å². The van der Waals surface area contributed by atoms with E-state index in [1.165, 1.54) is 5.56 Å². The van der Waals surface area contributed by atoms with E-state index in [4.69, 9.17) is 4.74 Å². The van der Waals surface area contributed by atoms with Crippen molar-refractivity contribution >= 4 is 12.1 Å². The maximum absolute atomic E-state index is 10.8. The predicted octanol–water partition coefficient (Wildman–Crippen LogP) is 1.59. The summed E-state index contributed by atoms with van der Waals surface area (Å²) in [7, 11) is 0. The molecule has 5 heteroatoms. The van der Waals surface area contributed by atoms with E-state index in [9.17, 15) is 4.79 Å². The first kappa shape index (κ1) is 15.2. The Kier molecular flexibility index (Phi) is 4.83. The van der Waals surface area contributed by atoms with E-state index in [0.29, 0.717) is 6.04 Å². The van der Waals surface area contributed by atoms with Gasteiger partial charge in [0.05, 0.1) is 5.69 Å². The molecule has 1 atom stereocenters. The lowest BCUT2D eigenvalue weighted by molar-refractivity contribution is -0.120. The first-order valence-corrected chi connectivity index (χ1v) is 8.23. The number of rotatable bonds is 5. The number of piperazine rings is 1. The van der Waals surface area contributed by atoms with Gasteiger partial charge in [-0.05, 0) is 30.5 Å². The second kappa shape index (κ2) is 7.01. The molecule has 0 spiro atoms. The molecule has 1 fully saturated rings. The Hall–Kier alpha value is -1.75. The molecule has 0 bridgehead atoms. The summed E-state index contributed by atoms with van der Waals surface area (Å²) in [5, 5.41) is 3.40. The molecule has 1 amide bonds. The third-order valence-corrected chi connectivity index (χ3v) is 4.68. The Bertz CT molecular complexity index is 513. The van der Waals surface area contributed by atoms with E-state index >= 15 is 0 Å². The number of carbonyl (C=O) groups is 1. The molecule has 2 aliphatic rings. The molecule has 2 aliphatic heterocycles. The summed E-state index contributed by atoms with van der Waals surface area (Å²) in [6.07, 6.45) is 3.14. The third kappa shape index (κ3) is 3.35. The minimum Gasteiger partial charge on any atom is -0.490 e. The van der Waals surface area contributed by atoms with Gasteiger partial charge in [0.1, 0.15) is 12.4 Å². The SMILES string of the molecule is CCC(Cc1ccc2c(c1)NCCO2)N1CCN(C=O)CC1. The highest BCUT2D eigenvalue weighted by atomic mass is 16.5. The number of benzene rings is 1. The van der Waals surface area contributed by atoms with Gasteiger partial charge >= 0.3 is 0 Å². The molecular formula is C17H25N3O2. The number of hydrogen-bond acceptors (Lipinski definition) is 4. The van der Waals surface area contributed by atoms with Gasteiger partial charge in [-0.3, -0.25) is 9.69 Å². The van der Waals surface area contributed by atoms with Gasteiger partial charge in [0.2, 0.25) is 6.41 Å². The molecule has 0 radical (unpaired) electrons. The van der Waals surface area contributed by atoms with Crippen molar-refractivity contribution in [2.45, 2.75) is 25.8 Å². The summed E-state index contributed by atoms with van der Waals surface area (Å²) in [5.41, 5.74) is 2.46. The smallest absolute Gasteiger partial charge is 0.209 e. The maximum Gasteiger partial charge on any atom is 0.209 e. The van der Waals surface area contributed by atoms with E-state index in [1.54, 1.807) is 0 Å². The molecule has 1 saturated heterocycles. The summed E-state index contributed by atoms with van der Waals surface area (Å²) in [4.78, 5) is 15.2. The van der Waals surface area contributed by atoms with Gasteiger partial charge in [-0.2, -0.15) is 0 Å². The highest BCUT2D eigenvalue weighted by Gasteiger charge is 2.22. The molecule has 0 aromatic heterocycles. The fourth-order valence-corrected chi connectivity index (χ4v) is 3.33. The Morgan fingerprint density at radius 1 is 1.32 bits per heavy atom. The van der Waals surface area contributed by atoms with Crippen molar-refractivity contribution in [3.8, 4) is 5.75 Å². The van der Waals surface area contributed by atoms with Crippen molar-refractivity contribution in [2.75, 3.05) is 44.6 Å². The van der Waals surface area contributed by atoms with Gasteiger partial charge in [-0.1, -0.05) is 13.0 Å². The van der Waals surface area contributed by atoms with Crippen molar-refractivity contribution in [2.24, 2.45) is 0 Å². The Balaban J connectivity index is 1.64. The fraction of sp³-hybridized carbons (Fsp3) is 0.588. The van der Waals surface area contributed by atoms with Crippen LogP contribution in [0.15, 0.2) is 18.2 Å². The van der Waals surface area contributed by atoms with Crippen LogP contribution in [-0.2, 0) is 11.2 Å². The van der Waals surface area contributed by atoms with Crippen LogP contribution in [0.5, 0.6) is 5.75 Å². The largest absolute Gasteiger partial charge is 0.490 e. The number of amides is 1. The van der Waals surface area contributed by atoms with Crippen LogP contribution < -0.4 is 10.1 Å². The van der Waals surface area contributed by atoms with Crippen molar-refractivity contribution in [1.82, 2.24) is 9.80 Å². The zero-order valence-electron chi connectivity index (χ0n) is 13.3. The molecule has 1 N–H and O–H groups in total. The molecule has 0 aliphatic carbocycles. The number of nitrogens with one attached hydrogen (secondary N) is 1. The molecule has 1 aromatic carbocycles. The molecule has 3 rings (SSSR count). The lowest BCUT2D eigenvalue weighted by Crippen LogP contribution is -2.50. The lowest BCUT2D eigenvalue weighted by atomic mass is 10.0. The summed E-state index contributed by atoms with van der Waals surface area (Å²) in [6.45, 7) is 7.51. The van der Waals surface area contributed by atoms with Crippen molar-refractivity contribution < 1.29 is 9.53 Å². The molecule has 2 heterocycles. The Morgan fingerprint density at radius 2 is 2.14 bits per heavy atom. The number of fused-ring (bicyclic) bond motifs is 1. The monoisotopic (exact) mass is 303 g/mol. The average molecular weight is 303 g/mol. The highest BCUT2D eigenvalue weighted by Crippen LogP contribution is 2.29. The Morgan fingerprint density at radius 3 is 2.86 bits per heavy atom. The normalized spacial score (nSPS) is 19.8. The van der Waals surface area contributed by atoms with Crippen molar-refractivity contribution in [1.29, 1.82) is 0 Å².